The van der Waals surface area contributed by atoms with Crippen LogP contribution in [0.25, 0.3) is 16.8 Å². The largest absolute Gasteiger partial charge is 0.493 e. The summed E-state index contributed by atoms with van der Waals surface area (Å²) in [4.78, 5) is 27.2. The first-order valence-corrected chi connectivity index (χ1v) is 10.8. The van der Waals surface area contributed by atoms with Gasteiger partial charge in [0.25, 0.3) is 11.1 Å². The summed E-state index contributed by atoms with van der Waals surface area (Å²) in [6, 6.07) is 19.5. The van der Waals surface area contributed by atoms with Crippen molar-refractivity contribution in [2.75, 3.05) is 6.61 Å². The van der Waals surface area contributed by atoms with Gasteiger partial charge in [-0.1, -0.05) is 48.5 Å². The predicted molar refractivity (Wildman–Crippen MR) is 121 cm³/mol. The third-order valence-electron chi connectivity index (χ3n) is 4.64. The Hall–Kier alpha value is -2.57. The maximum absolute atomic E-state index is 12.9. The Morgan fingerprint density at radius 3 is 2.66 bits per heavy atom. The van der Waals surface area contributed by atoms with Crippen LogP contribution in [-0.2, 0) is 11.3 Å². The van der Waals surface area contributed by atoms with Crippen LogP contribution in [0.2, 0.25) is 0 Å². The number of ether oxygens (including phenoxy) is 1. The molecule has 4 nitrogen and oxygen atoms in total. The van der Waals surface area contributed by atoms with Crippen LogP contribution in [-0.4, -0.2) is 22.7 Å². The third kappa shape index (κ3) is 4.09. The van der Waals surface area contributed by atoms with Crippen molar-refractivity contribution >= 4 is 55.7 Å². The van der Waals surface area contributed by atoms with Crippen molar-refractivity contribution in [2.24, 2.45) is 0 Å². The lowest BCUT2D eigenvalue weighted by Gasteiger charge is -2.14. The van der Waals surface area contributed by atoms with E-state index in [1.165, 1.54) is 4.90 Å². The molecule has 3 aromatic carbocycles. The van der Waals surface area contributed by atoms with Crippen LogP contribution in [0.3, 0.4) is 0 Å². The molecule has 0 aliphatic carbocycles. The minimum atomic E-state index is -0.266. The lowest BCUT2D eigenvalue weighted by molar-refractivity contribution is -0.123. The van der Waals surface area contributed by atoms with E-state index in [2.05, 4.69) is 15.9 Å². The molecule has 1 heterocycles. The summed E-state index contributed by atoms with van der Waals surface area (Å²) in [6.07, 6.45) is 1.74. The van der Waals surface area contributed by atoms with Crippen LogP contribution in [0.15, 0.2) is 70.0 Å². The molecule has 1 fully saturated rings. The quantitative estimate of drug-likeness (QED) is 0.416. The van der Waals surface area contributed by atoms with E-state index in [4.69, 9.17) is 4.74 Å². The van der Waals surface area contributed by atoms with Gasteiger partial charge in [-0.05, 0) is 74.7 Å². The van der Waals surface area contributed by atoms with Gasteiger partial charge in [-0.2, -0.15) is 0 Å². The van der Waals surface area contributed by atoms with E-state index in [1.54, 1.807) is 6.08 Å². The number of fused-ring (bicyclic) bond motifs is 1. The highest BCUT2D eigenvalue weighted by Gasteiger charge is 2.35. The average Bonchev–Trinajstić information content (AvgIpc) is 2.98. The van der Waals surface area contributed by atoms with Gasteiger partial charge in [-0.25, -0.2) is 0 Å². The fourth-order valence-corrected chi connectivity index (χ4v) is 4.62. The van der Waals surface area contributed by atoms with Gasteiger partial charge in [-0.15, -0.1) is 0 Å². The molecule has 0 saturated carbocycles. The second-order valence-corrected chi connectivity index (χ2v) is 8.38. The Morgan fingerprint density at radius 1 is 1.07 bits per heavy atom. The lowest BCUT2D eigenvalue weighted by Crippen LogP contribution is -2.27. The molecule has 4 rings (SSSR count). The number of nitrogens with zero attached hydrogens (tertiary/aromatic N) is 1. The Kier molecular flexibility index (Phi) is 5.74. The van der Waals surface area contributed by atoms with Gasteiger partial charge in [0.1, 0.15) is 5.75 Å². The second kappa shape index (κ2) is 8.43. The van der Waals surface area contributed by atoms with E-state index < -0.39 is 0 Å². The standard InChI is InChI=1S/C23H18BrNO3S/c1-2-28-20-11-10-15(12-19(20)24)13-21-22(26)25(23(27)29-21)14-17-8-5-7-16-6-3-4-9-18(16)17/h3-13H,2,14H2,1H3/b21-13-. The van der Waals surface area contributed by atoms with E-state index in [9.17, 15) is 9.59 Å². The molecule has 0 spiro atoms. The summed E-state index contributed by atoms with van der Waals surface area (Å²) >= 11 is 4.45. The number of thioether (sulfide) groups is 1. The Balaban J connectivity index is 1.59. The number of benzene rings is 3. The molecule has 146 valence electrons. The fourth-order valence-electron chi connectivity index (χ4n) is 3.27. The average molecular weight is 468 g/mol. The molecule has 1 aliphatic rings. The zero-order chi connectivity index (χ0) is 20.4. The number of carbonyl (C=O) groups is 2. The Labute approximate surface area is 181 Å². The Morgan fingerprint density at radius 2 is 1.86 bits per heavy atom. The number of carbonyl (C=O) groups excluding carboxylic acids is 2. The van der Waals surface area contributed by atoms with E-state index in [0.717, 1.165) is 43.9 Å². The highest BCUT2D eigenvalue weighted by atomic mass is 79.9. The molecule has 29 heavy (non-hydrogen) atoms. The van der Waals surface area contributed by atoms with E-state index >= 15 is 0 Å². The van der Waals surface area contributed by atoms with Crippen molar-refractivity contribution in [1.82, 2.24) is 4.90 Å². The first kappa shape index (κ1) is 19.7. The number of rotatable bonds is 5. The summed E-state index contributed by atoms with van der Waals surface area (Å²) in [5.74, 6) is 0.478. The minimum Gasteiger partial charge on any atom is -0.493 e. The zero-order valence-electron chi connectivity index (χ0n) is 15.7. The molecule has 0 radical (unpaired) electrons. The van der Waals surface area contributed by atoms with E-state index in [1.807, 2.05) is 67.6 Å². The van der Waals surface area contributed by atoms with E-state index in [-0.39, 0.29) is 17.7 Å². The van der Waals surface area contributed by atoms with Crippen molar-refractivity contribution in [3.63, 3.8) is 0 Å². The van der Waals surface area contributed by atoms with Gasteiger partial charge in [0.15, 0.2) is 0 Å². The molecule has 0 bridgehead atoms. The minimum absolute atomic E-state index is 0.251. The second-order valence-electron chi connectivity index (χ2n) is 6.53. The van der Waals surface area contributed by atoms with Gasteiger partial charge in [-0.3, -0.25) is 14.5 Å². The maximum atomic E-state index is 12.9. The van der Waals surface area contributed by atoms with Gasteiger partial charge in [0.2, 0.25) is 0 Å². The molecule has 6 heteroatoms. The van der Waals surface area contributed by atoms with Gasteiger partial charge < -0.3 is 4.74 Å². The molecular weight excluding hydrogens is 450 g/mol. The smallest absolute Gasteiger partial charge is 0.293 e. The first-order chi connectivity index (χ1) is 14.1. The van der Waals surface area contributed by atoms with Crippen molar-refractivity contribution < 1.29 is 14.3 Å². The van der Waals surface area contributed by atoms with Crippen LogP contribution in [0.5, 0.6) is 5.75 Å². The number of hydrogen-bond acceptors (Lipinski definition) is 4. The van der Waals surface area contributed by atoms with Crippen molar-refractivity contribution in [2.45, 2.75) is 13.5 Å². The molecule has 0 aromatic heterocycles. The number of hydrogen-bond donors (Lipinski definition) is 0. The van der Waals surface area contributed by atoms with Crippen LogP contribution in [0.1, 0.15) is 18.1 Å². The Bertz CT molecular complexity index is 1140. The predicted octanol–water partition coefficient (Wildman–Crippen LogP) is 6.24. The summed E-state index contributed by atoms with van der Waals surface area (Å²) in [5.41, 5.74) is 1.78. The summed E-state index contributed by atoms with van der Waals surface area (Å²) < 4.78 is 6.32. The highest BCUT2D eigenvalue weighted by molar-refractivity contribution is 9.10. The summed E-state index contributed by atoms with van der Waals surface area (Å²) in [6.45, 7) is 2.76. The molecule has 2 amide bonds. The molecular formula is C23H18BrNO3S. The van der Waals surface area contributed by atoms with Crippen LogP contribution in [0.4, 0.5) is 4.79 Å². The maximum Gasteiger partial charge on any atom is 0.293 e. The highest BCUT2D eigenvalue weighted by Crippen LogP contribution is 2.35. The SMILES string of the molecule is CCOc1ccc(/C=C2\SC(=O)N(Cc3cccc4ccccc34)C2=O)cc1Br. The van der Waals surface area contributed by atoms with Crippen LogP contribution in [0, 0.1) is 0 Å². The molecule has 0 atom stereocenters. The molecule has 0 unspecified atom stereocenters. The third-order valence-corrected chi connectivity index (χ3v) is 6.16. The van der Waals surface area contributed by atoms with Crippen molar-refractivity contribution in [3.05, 3.63) is 81.2 Å². The van der Waals surface area contributed by atoms with Crippen molar-refractivity contribution in [1.29, 1.82) is 0 Å². The zero-order valence-corrected chi connectivity index (χ0v) is 18.1. The topological polar surface area (TPSA) is 46.6 Å². The molecule has 1 saturated heterocycles. The molecule has 0 N–H and O–H groups in total. The van der Waals surface area contributed by atoms with Crippen molar-refractivity contribution in [3.8, 4) is 5.75 Å². The normalized spacial score (nSPS) is 15.5. The van der Waals surface area contributed by atoms with Gasteiger partial charge >= 0.3 is 0 Å². The molecule has 1 aliphatic heterocycles. The molecule has 3 aromatic rings. The first-order valence-electron chi connectivity index (χ1n) is 9.21. The van der Waals surface area contributed by atoms with Gasteiger partial charge in [0.05, 0.1) is 22.5 Å². The van der Waals surface area contributed by atoms with Crippen LogP contribution < -0.4 is 4.74 Å². The number of amides is 2. The monoisotopic (exact) mass is 467 g/mol. The van der Waals surface area contributed by atoms with Gasteiger partial charge in [0, 0.05) is 0 Å². The summed E-state index contributed by atoms with van der Waals surface area (Å²) in [7, 11) is 0. The fraction of sp³-hybridized carbons (Fsp3) is 0.130. The van der Waals surface area contributed by atoms with E-state index in [0.29, 0.717) is 11.5 Å². The number of halogens is 1. The van der Waals surface area contributed by atoms with Crippen LogP contribution >= 0.6 is 27.7 Å². The lowest BCUT2D eigenvalue weighted by atomic mass is 10.0. The summed E-state index contributed by atoms with van der Waals surface area (Å²) in [5, 5.41) is 1.89. The number of imide groups is 1.